The quantitative estimate of drug-likeness (QED) is 0.676. The first kappa shape index (κ1) is 20.2. The van der Waals surface area contributed by atoms with Crippen molar-refractivity contribution >= 4 is 45.7 Å². The molecule has 0 aliphatic heterocycles. The SMILES string of the molecule is CC[C@H](C)n1c(=O)c2ccccc2n(CC(=O)Nc2ccc(Cl)c(Cl)c2)c1=O. The highest BCUT2D eigenvalue weighted by Crippen LogP contribution is 2.25. The first-order chi connectivity index (χ1) is 13.3. The zero-order valence-electron chi connectivity index (χ0n) is 15.4. The Morgan fingerprint density at radius 1 is 1.11 bits per heavy atom. The molecule has 0 saturated heterocycles. The fraction of sp³-hybridized carbons (Fsp3) is 0.250. The molecule has 0 spiro atoms. The van der Waals surface area contributed by atoms with Gasteiger partial charge < -0.3 is 5.32 Å². The van der Waals surface area contributed by atoms with E-state index in [4.69, 9.17) is 23.2 Å². The van der Waals surface area contributed by atoms with Crippen molar-refractivity contribution in [2.45, 2.75) is 32.9 Å². The molecule has 1 atom stereocenters. The number of hydrogen-bond acceptors (Lipinski definition) is 3. The molecular formula is C20H19Cl2N3O3. The molecule has 0 fully saturated rings. The highest BCUT2D eigenvalue weighted by atomic mass is 35.5. The van der Waals surface area contributed by atoms with Crippen LogP contribution in [0.4, 0.5) is 5.69 Å². The van der Waals surface area contributed by atoms with Gasteiger partial charge in [0.25, 0.3) is 5.56 Å². The largest absolute Gasteiger partial charge is 0.332 e. The van der Waals surface area contributed by atoms with E-state index in [0.29, 0.717) is 33.1 Å². The van der Waals surface area contributed by atoms with Crippen LogP contribution < -0.4 is 16.6 Å². The Hall–Kier alpha value is -2.57. The van der Waals surface area contributed by atoms with E-state index in [-0.39, 0.29) is 18.1 Å². The first-order valence-corrected chi connectivity index (χ1v) is 9.58. The van der Waals surface area contributed by atoms with Gasteiger partial charge in [0, 0.05) is 11.7 Å². The zero-order valence-corrected chi connectivity index (χ0v) is 16.9. The van der Waals surface area contributed by atoms with E-state index in [1.165, 1.54) is 15.2 Å². The zero-order chi connectivity index (χ0) is 20.4. The Bertz CT molecular complexity index is 1170. The lowest BCUT2D eigenvalue weighted by atomic mass is 10.2. The van der Waals surface area contributed by atoms with Crippen LogP contribution in [0.3, 0.4) is 0 Å². The third kappa shape index (κ3) is 3.84. The molecule has 28 heavy (non-hydrogen) atoms. The minimum Gasteiger partial charge on any atom is -0.324 e. The molecule has 2 aromatic carbocycles. The van der Waals surface area contributed by atoms with E-state index >= 15 is 0 Å². The maximum atomic E-state index is 13.0. The van der Waals surface area contributed by atoms with E-state index in [1.807, 2.05) is 6.92 Å². The van der Waals surface area contributed by atoms with E-state index in [9.17, 15) is 14.4 Å². The summed E-state index contributed by atoms with van der Waals surface area (Å²) in [6.45, 7) is 3.46. The first-order valence-electron chi connectivity index (χ1n) is 8.82. The standard InChI is InChI=1S/C20H19Cl2N3O3/c1-3-12(2)25-19(27)14-6-4-5-7-17(14)24(20(25)28)11-18(26)23-13-8-9-15(21)16(22)10-13/h4-10,12H,3,11H2,1-2H3,(H,23,26)/t12-/m0/s1. The Kier molecular flexibility index (Phi) is 5.91. The monoisotopic (exact) mass is 419 g/mol. The van der Waals surface area contributed by atoms with Crippen LogP contribution in [0, 0.1) is 0 Å². The van der Waals surface area contributed by atoms with Crippen LogP contribution in [0.15, 0.2) is 52.1 Å². The maximum absolute atomic E-state index is 13.0. The summed E-state index contributed by atoms with van der Waals surface area (Å²) < 4.78 is 2.52. The van der Waals surface area contributed by atoms with Gasteiger partial charge in [-0.3, -0.25) is 18.7 Å². The maximum Gasteiger partial charge on any atom is 0.332 e. The summed E-state index contributed by atoms with van der Waals surface area (Å²) in [5.41, 5.74) is 0.0202. The molecule has 1 heterocycles. The molecule has 0 unspecified atom stereocenters. The van der Waals surface area contributed by atoms with Crippen LogP contribution in [0.2, 0.25) is 10.0 Å². The second-order valence-corrected chi connectivity index (χ2v) is 7.31. The van der Waals surface area contributed by atoms with Crippen molar-refractivity contribution < 1.29 is 4.79 Å². The topological polar surface area (TPSA) is 73.1 Å². The molecule has 0 bridgehead atoms. The molecule has 0 aliphatic rings. The number of hydrogen-bond donors (Lipinski definition) is 1. The summed E-state index contributed by atoms with van der Waals surface area (Å²) >= 11 is 11.9. The molecule has 1 amide bonds. The summed E-state index contributed by atoms with van der Waals surface area (Å²) in [6.07, 6.45) is 0.614. The molecule has 0 radical (unpaired) electrons. The van der Waals surface area contributed by atoms with E-state index in [0.717, 1.165) is 0 Å². The van der Waals surface area contributed by atoms with E-state index < -0.39 is 11.6 Å². The third-order valence-corrected chi connectivity index (χ3v) is 5.36. The lowest BCUT2D eigenvalue weighted by Crippen LogP contribution is -2.43. The lowest BCUT2D eigenvalue weighted by molar-refractivity contribution is -0.116. The van der Waals surface area contributed by atoms with E-state index in [1.54, 1.807) is 43.3 Å². The number of rotatable bonds is 5. The smallest absolute Gasteiger partial charge is 0.324 e. The molecule has 146 valence electrons. The molecule has 3 aromatic rings. The molecule has 6 nitrogen and oxygen atoms in total. The van der Waals surface area contributed by atoms with Crippen molar-refractivity contribution in [3.05, 3.63) is 73.3 Å². The van der Waals surface area contributed by atoms with Crippen molar-refractivity contribution in [2.24, 2.45) is 0 Å². The molecule has 8 heteroatoms. The number of carbonyl (C=O) groups is 1. The average molecular weight is 420 g/mol. The van der Waals surface area contributed by atoms with Crippen LogP contribution in [0.25, 0.3) is 10.9 Å². The van der Waals surface area contributed by atoms with Gasteiger partial charge in [-0.15, -0.1) is 0 Å². The number of aromatic nitrogens is 2. The van der Waals surface area contributed by atoms with Crippen LogP contribution in [-0.4, -0.2) is 15.0 Å². The number of halogens is 2. The van der Waals surface area contributed by atoms with Crippen molar-refractivity contribution in [1.29, 1.82) is 0 Å². The van der Waals surface area contributed by atoms with Gasteiger partial charge in [0.05, 0.1) is 20.9 Å². The summed E-state index contributed by atoms with van der Waals surface area (Å²) in [5, 5.41) is 3.78. The second kappa shape index (κ2) is 8.20. The van der Waals surface area contributed by atoms with Crippen LogP contribution in [0.5, 0.6) is 0 Å². The Morgan fingerprint density at radius 2 is 1.82 bits per heavy atom. The minimum atomic E-state index is -0.512. The molecule has 3 rings (SSSR count). The lowest BCUT2D eigenvalue weighted by Gasteiger charge is -2.17. The van der Waals surface area contributed by atoms with Crippen molar-refractivity contribution in [3.8, 4) is 0 Å². The summed E-state index contributed by atoms with van der Waals surface area (Å²) in [5.74, 6) is -0.417. The Labute approximate surface area is 171 Å². The van der Waals surface area contributed by atoms with Gasteiger partial charge in [-0.05, 0) is 43.7 Å². The minimum absolute atomic E-state index is 0.240. The number of anilines is 1. The molecule has 1 N–H and O–H groups in total. The normalized spacial score (nSPS) is 12.1. The third-order valence-electron chi connectivity index (χ3n) is 4.62. The number of nitrogens with one attached hydrogen (secondary N) is 1. The molecule has 0 aliphatic carbocycles. The number of benzene rings is 2. The highest BCUT2D eigenvalue weighted by Gasteiger charge is 2.18. The van der Waals surface area contributed by atoms with Gasteiger partial charge in [0.15, 0.2) is 0 Å². The number of fused-ring (bicyclic) bond motifs is 1. The van der Waals surface area contributed by atoms with Gasteiger partial charge in [0.1, 0.15) is 6.54 Å². The van der Waals surface area contributed by atoms with Crippen LogP contribution in [-0.2, 0) is 11.3 Å². The number of para-hydroxylation sites is 1. The second-order valence-electron chi connectivity index (χ2n) is 6.50. The fourth-order valence-electron chi connectivity index (χ4n) is 2.98. The van der Waals surface area contributed by atoms with Gasteiger partial charge in [0.2, 0.25) is 5.91 Å². The summed E-state index contributed by atoms with van der Waals surface area (Å²) in [6, 6.07) is 11.2. The summed E-state index contributed by atoms with van der Waals surface area (Å²) in [4.78, 5) is 38.3. The van der Waals surface area contributed by atoms with Gasteiger partial charge in [-0.1, -0.05) is 42.3 Å². The average Bonchev–Trinajstić information content (AvgIpc) is 2.68. The van der Waals surface area contributed by atoms with Crippen molar-refractivity contribution in [3.63, 3.8) is 0 Å². The van der Waals surface area contributed by atoms with Crippen molar-refractivity contribution in [1.82, 2.24) is 9.13 Å². The molecular weight excluding hydrogens is 401 g/mol. The Balaban J connectivity index is 2.04. The molecule has 1 aromatic heterocycles. The number of amides is 1. The van der Waals surface area contributed by atoms with E-state index in [2.05, 4.69) is 5.32 Å². The summed E-state index contributed by atoms with van der Waals surface area (Å²) in [7, 11) is 0. The number of carbonyl (C=O) groups excluding carboxylic acids is 1. The Morgan fingerprint density at radius 3 is 2.50 bits per heavy atom. The van der Waals surface area contributed by atoms with Gasteiger partial charge in [-0.2, -0.15) is 0 Å². The number of nitrogens with zero attached hydrogens (tertiary/aromatic N) is 2. The predicted molar refractivity (Wildman–Crippen MR) is 113 cm³/mol. The fourth-order valence-corrected chi connectivity index (χ4v) is 3.28. The van der Waals surface area contributed by atoms with Gasteiger partial charge in [-0.25, -0.2) is 4.79 Å². The highest BCUT2D eigenvalue weighted by molar-refractivity contribution is 6.42. The molecule has 0 saturated carbocycles. The predicted octanol–water partition coefficient (Wildman–Crippen LogP) is 4.08. The van der Waals surface area contributed by atoms with Crippen molar-refractivity contribution in [2.75, 3.05) is 5.32 Å². The van der Waals surface area contributed by atoms with Crippen LogP contribution >= 0.6 is 23.2 Å². The van der Waals surface area contributed by atoms with Crippen LogP contribution in [0.1, 0.15) is 26.3 Å². The van der Waals surface area contributed by atoms with Gasteiger partial charge >= 0.3 is 5.69 Å².